The highest BCUT2D eigenvalue weighted by atomic mass is 16.5. The van der Waals surface area contributed by atoms with Crippen molar-refractivity contribution in [3.8, 4) is 17.6 Å². The lowest BCUT2D eigenvalue weighted by Crippen LogP contribution is -2.51. The highest BCUT2D eigenvalue weighted by Gasteiger charge is 2.38. The molecule has 0 aromatic heterocycles. The standard InChI is InChI=1S/C21H26N2O5/c1-23(21(15-22)11-5-4-6-12-21)19(24)14-28-17-9-7-16(13-18(17)26-2)8-10-20(25)27-3/h7-10,13H,4-6,11-12,14H2,1-3H3/b10-8+. The highest BCUT2D eigenvalue weighted by Crippen LogP contribution is 2.33. The lowest BCUT2D eigenvalue weighted by molar-refractivity contribution is -0.137. The Morgan fingerprint density at radius 1 is 1.21 bits per heavy atom. The van der Waals surface area contributed by atoms with Gasteiger partial charge in [-0.3, -0.25) is 4.79 Å². The van der Waals surface area contributed by atoms with Crippen LogP contribution in [-0.2, 0) is 14.3 Å². The Kier molecular flexibility index (Phi) is 7.44. The van der Waals surface area contributed by atoms with Crippen molar-refractivity contribution in [1.29, 1.82) is 5.26 Å². The molecule has 1 aromatic rings. The van der Waals surface area contributed by atoms with Gasteiger partial charge in [-0.25, -0.2) is 4.79 Å². The SMILES string of the molecule is COC(=O)/C=C/c1ccc(OCC(=O)N(C)C2(C#N)CCCCC2)c(OC)c1. The molecule has 1 aromatic carbocycles. The lowest BCUT2D eigenvalue weighted by atomic mass is 9.81. The molecule has 1 saturated carbocycles. The van der Waals surface area contributed by atoms with Gasteiger partial charge in [-0.15, -0.1) is 0 Å². The zero-order valence-corrected chi connectivity index (χ0v) is 16.6. The molecule has 0 aliphatic heterocycles. The molecule has 1 fully saturated rings. The quantitative estimate of drug-likeness (QED) is 0.529. The molecule has 150 valence electrons. The van der Waals surface area contributed by atoms with Crippen molar-refractivity contribution in [2.45, 2.75) is 37.6 Å². The van der Waals surface area contributed by atoms with E-state index < -0.39 is 11.5 Å². The van der Waals surface area contributed by atoms with Gasteiger partial charge in [0, 0.05) is 13.1 Å². The van der Waals surface area contributed by atoms with Crippen molar-refractivity contribution < 1.29 is 23.8 Å². The van der Waals surface area contributed by atoms with Crippen LogP contribution in [0.2, 0.25) is 0 Å². The van der Waals surface area contributed by atoms with E-state index in [1.165, 1.54) is 25.2 Å². The zero-order valence-electron chi connectivity index (χ0n) is 16.6. The molecule has 7 nitrogen and oxygen atoms in total. The monoisotopic (exact) mass is 386 g/mol. The molecule has 0 saturated heterocycles. The summed E-state index contributed by atoms with van der Waals surface area (Å²) in [6.07, 6.45) is 7.26. The number of carbonyl (C=O) groups is 2. The van der Waals surface area contributed by atoms with Gasteiger partial charge in [0.1, 0.15) is 5.54 Å². The Morgan fingerprint density at radius 3 is 2.54 bits per heavy atom. The van der Waals surface area contributed by atoms with Crippen molar-refractivity contribution >= 4 is 18.0 Å². The van der Waals surface area contributed by atoms with Crippen LogP contribution in [0, 0.1) is 11.3 Å². The van der Waals surface area contributed by atoms with Gasteiger partial charge in [0.2, 0.25) is 0 Å². The summed E-state index contributed by atoms with van der Waals surface area (Å²) < 4.78 is 15.5. The summed E-state index contributed by atoms with van der Waals surface area (Å²) >= 11 is 0. The molecule has 0 heterocycles. The lowest BCUT2D eigenvalue weighted by Gasteiger charge is -2.38. The van der Waals surface area contributed by atoms with Crippen LogP contribution in [0.4, 0.5) is 0 Å². The highest BCUT2D eigenvalue weighted by molar-refractivity contribution is 5.87. The predicted octanol–water partition coefficient (Wildman–Crippen LogP) is 2.95. The summed E-state index contributed by atoms with van der Waals surface area (Å²) in [6, 6.07) is 7.44. The average Bonchev–Trinajstić information content (AvgIpc) is 2.75. The second-order valence-corrected chi connectivity index (χ2v) is 6.71. The number of benzene rings is 1. The van der Waals surface area contributed by atoms with Gasteiger partial charge in [0.05, 0.1) is 20.3 Å². The summed E-state index contributed by atoms with van der Waals surface area (Å²) in [4.78, 5) is 25.3. The molecule has 1 aliphatic carbocycles. The van der Waals surface area contributed by atoms with Crippen molar-refractivity contribution in [2.24, 2.45) is 0 Å². The third kappa shape index (κ3) is 5.03. The van der Waals surface area contributed by atoms with Gasteiger partial charge in [0.25, 0.3) is 5.91 Å². The number of nitriles is 1. The number of hydrogen-bond acceptors (Lipinski definition) is 6. The van der Waals surface area contributed by atoms with E-state index in [4.69, 9.17) is 9.47 Å². The normalized spacial score (nSPS) is 15.5. The number of rotatable bonds is 7. The minimum atomic E-state index is -0.745. The van der Waals surface area contributed by atoms with Crippen LogP contribution in [0.1, 0.15) is 37.7 Å². The third-order valence-electron chi connectivity index (χ3n) is 5.06. The van der Waals surface area contributed by atoms with E-state index in [-0.39, 0.29) is 12.5 Å². The molecule has 7 heteroatoms. The molecule has 28 heavy (non-hydrogen) atoms. The molecular formula is C21H26N2O5. The first kappa shape index (κ1) is 21.3. The van der Waals surface area contributed by atoms with E-state index in [2.05, 4.69) is 10.8 Å². The fourth-order valence-electron chi connectivity index (χ4n) is 3.27. The Hall–Kier alpha value is -3.01. The molecule has 0 atom stereocenters. The van der Waals surface area contributed by atoms with Crippen molar-refractivity contribution in [2.75, 3.05) is 27.9 Å². The van der Waals surface area contributed by atoms with Crippen LogP contribution in [0.3, 0.4) is 0 Å². The fourth-order valence-corrected chi connectivity index (χ4v) is 3.27. The fraction of sp³-hybridized carbons (Fsp3) is 0.476. The first-order valence-corrected chi connectivity index (χ1v) is 9.20. The van der Waals surface area contributed by atoms with Gasteiger partial charge < -0.3 is 19.1 Å². The van der Waals surface area contributed by atoms with E-state index in [0.717, 1.165) is 24.8 Å². The largest absolute Gasteiger partial charge is 0.493 e. The Bertz CT molecular complexity index is 775. The Labute approximate surface area is 165 Å². The van der Waals surface area contributed by atoms with Crippen LogP contribution in [0.15, 0.2) is 24.3 Å². The first-order chi connectivity index (χ1) is 13.5. The Balaban J connectivity index is 2.05. The predicted molar refractivity (Wildman–Crippen MR) is 104 cm³/mol. The molecule has 0 spiro atoms. The van der Waals surface area contributed by atoms with E-state index >= 15 is 0 Å². The molecule has 0 bridgehead atoms. The Morgan fingerprint density at radius 2 is 1.93 bits per heavy atom. The van der Waals surface area contributed by atoms with E-state index in [0.29, 0.717) is 24.3 Å². The van der Waals surface area contributed by atoms with Crippen molar-refractivity contribution in [3.05, 3.63) is 29.8 Å². The van der Waals surface area contributed by atoms with Gasteiger partial charge >= 0.3 is 5.97 Å². The minimum absolute atomic E-state index is 0.187. The molecule has 0 N–H and O–H groups in total. The van der Waals surface area contributed by atoms with Gasteiger partial charge in [0.15, 0.2) is 18.1 Å². The van der Waals surface area contributed by atoms with Crippen LogP contribution < -0.4 is 9.47 Å². The summed E-state index contributed by atoms with van der Waals surface area (Å²) in [6.45, 7) is -0.187. The molecule has 0 unspecified atom stereocenters. The smallest absolute Gasteiger partial charge is 0.330 e. The van der Waals surface area contributed by atoms with Crippen LogP contribution in [0.5, 0.6) is 11.5 Å². The van der Waals surface area contributed by atoms with Crippen molar-refractivity contribution in [3.63, 3.8) is 0 Å². The number of methoxy groups -OCH3 is 2. The summed E-state index contributed by atoms with van der Waals surface area (Å²) in [7, 11) is 4.47. The minimum Gasteiger partial charge on any atom is -0.493 e. The molecular weight excluding hydrogens is 360 g/mol. The second-order valence-electron chi connectivity index (χ2n) is 6.71. The van der Waals surface area contributed by atoms with Crippen LogP contribution >= 0.6 is 0 Å². The maximum absolute atomic E-state index is 12.6. The maximum atomic E-state index is 12.6. The number of carbonyl (C=O) groups excluding carboxylic acids is 2. The van der Waals surface area contributed by atoms with Gasteiger partial charge in [-0.05, 0) is 36.6 Å². The second kappa shape index (κ2) is 9.79. The van der Waals surface area contributed by atoms with E-state index in [9.17, 15) is 14.9 Å². The summed E-state index contributed by atoms with van der Waals surface area (Å²) in [5, 5.41) is 9.62. The number of likely N-dealkylation sites (N-methyl/N-ethyl adjacent to an activating group) is 1. The topological polar surface area (TPSA) is 88.9 Å². The van der Waals surface area contributed by atoms with Gasteiger partial charge in [-0.2, -0.15) is 5.26 Å². The van der Waals surface area contributed by atoms with E-state index in [1.807, 2.05) is 0 Å². The summed E-state index contributed by atoms with van der Waals surface area (Å²) in [5.41, 5.74) is -0.0191. The van der Waals surface area contributed by atoms with E-state index in [1.54, 1.807) is 31.3 Å². The number of amides is 1. The van der Waals surface area contributed by atoms with Gasteiger partial charge in [-0.1, -0.05) is 25.3 Å². The zero-order chi connectivity index (χ0) is 20.6. The van der Waals surface area contributed by atoms with Crippen molar-refractivity contribution in [1.82, 2.24) is 4.90 Å². The number of hydrogen-bond donors (Lipinski definition) is 0. The van der Waals surface area contributed by atoms with Crippen LogP contribution in [0.25, 0.3) is 6.08 Å². The van der Waals surface area contributed by atoms with Crippen LogP contribution in [-0.4, -0.2) is 50.2 Å². The maximum Gasteiger partial charge on any atom is 0.330 e. The average molecular weight is 386 g/mol. The first-order valence-electron chi connectivity index (χ1n) is 9.20. The number of ether oxygens (including phenoxy) is 3. The number of esters is 1. The molecule has 2 rings (SSSR count). The summed E-state index contributed by atoms with van der Waals surface area (Å²) in [5.74, 6) is 0.145. The third-order valence-corrected chi connectivity index (χ3v) is 5.06. The molecule has 0 radical (unpaired) electrons. The number of nitrogens with zero attached hydrogens (tertiary/aromatic N) is 2. The molecule has 1 amide bonds. The molecule has 1 aliphatic rings.